The summed E-state index contributed by atoms with van der Waals surface area (Å²) < 4.78 is 5.02. The van der Waals surface area contributed by atoms with Gasteiger partial charge >= 0.3 is 0 Å². The van der Waals surface area contributed by atoms with Crippen LogP contribution in [0, 0.1) is 13.8 Å². The van der Waals surface area contributed by atoms with Crippen LogP contribution in [-0.4, -0.2) is 13.7 Å². The molecule has 0 aliphatic heterocycles. The molecule has 2 nitrogen and oxygen atoms in total. The van der Waals surface area contributed by atoms with Crippen molar-refractivity contribution in [2.24, 2.45) is 5.73 Å². The smallest absolute Gasteiger partial charge is 0.0462 e. The van der Waals surface area contributed by atoms with Crippen LogP contribution in [-0.2, 0) is 4.74 Å². The van der Waals surface area contributed by atoms with Gasteiger partial charge in [-0.1, -0.05) is 23.8 Å². The van der Waals surface area contributed by atoms with Gasteiger partial charge in [-0.2, -0.15) is 0 Å². The Morgan fingerprint density at radius 3 is 2.67 bits per heavy atom. The third kappa shape index (κ3) is 3.65. The highest BCUT2D eigenvalue weighted by molar-refractivity contribution is 5.32. The number of aryl methyl sites for hydroxylation is 2. The fraction of sp³-hybridized carbons (Fsp3) is 0.538. The summed E-state index contributed by atoms with van der Waals surface area (Å²) in [6.07, 6.45) is 2.00. The van der Waals surface area contributed by atoms with Crippen LogP contribution >= 0.6 is 0 Å². The number of methoxy groups -OCH3 is 1. The molecule has 15 heavy (non-hydrogen) atoms. The van der Waals surface area contributed by atoms with Crippen molar-refractivity contribution in [3.63, 3.8) is 0 Å². The van der Waals surface area contributed by atoms with E-state index in [9.17, 15) is 0 Å². The molecule has 0 bridgehead atoms. The van der Waals surface area contributed by atoms with Gasteiger partial charge in [0.1, 0.15) is 0 Å². The van der Waals surface area contributed by atoms with Crippen LogP contribution in [0.1, 0.15) is 35.6 Å². The van der Waals surface area contributed by atoms with E-state index in [-0.39, 0.29) is 6.04 Å². The number of benzene rings is 1. The molecule has 0 saturated heterocycles. The fourth-order valence-electron chi connectivity index (χ4n) is 1.84. The molecule has 0 amide bonds. The molecule has 0 aliphatic rings. The first-order valence-electron chi connectivity index (χ1n) is 5.47. The van der Waals surface area contributed by atoms with Crippen molar-refractivity contribution in [1.29, 1.82) is 0 Å². The highest BCUT2D eigenvalue weighted by atomic mass is 16.5. The Balaban J connectivity index is 2.61. The average Bonchev–Trinajstić information content (AvgIpc) is 2.17. The number of rotatable bonds is 5. The largest absolute Gasteiger partial charge is 0.385 e. The lowest BCUT2D eigenvalue weighted by Gasteiger charge is -2.15. The Labute approximate surface area is 92.4 Å². The summed E-state index contributed by atoms with van der Waals surface area (Å²) in [6, 6.07) is 6.59. The second-order valence-electron chi connectivity index (χ2n) is 4.10. The minimum Gasteiger partial charge on any atom is -0.385 e. The summed E-state index contributed by atoms with van der Waals surface area (Å²) in [5.74, 6) is 0. The molecule has 2 heteroatoms. The van der Waals surface area contributed by atoms with E-state index < -0.39 is 0 Å². The fourth-order valence-corrected chi connectivity index (χ4v) is 1.84. The molecular weight excluding hydrogens is 186 g/mol. The van der Waals surface area contributed by atoms with Gasteiger partial charge in [0.15, 0.2) is 0 Å². The standard InChI is InChI=1S/C13H21NO/c1-10-6-7-12(11(2)9-10)13(14)5-4-8-15-3/h6-7,9,13H,4-5,8,14H2,1-3H3. The predicted octanol–water partition coefficient (Wildman–Crippen LogP) is 2.73. The van der Waals surface area contributed by atoms with E-state index in [0.717, 1.165) is 19.4 Å². The van der Waals surface area contributed by atoms with E-state index in [1.54, 1.807) is 7.11 Å². The van der Waals surface area contributed by atoms with Gasteiger partial charge in [-0.05, 0) is 37.8 Å². The zero-order chi connectivity index (χ0) is 11.3. The van der Waals surface area contributed by atoms with Gasteiger partial charge in [0.25, 0.3) is 0 Å². The number of hydrogen-bond donors (Lipinski definition) is 1. The SMILES string of the molecule is COCCCC(N)c1ccc(C)cc1C. The molecule has 0 aromatic heterocycles. The van der Waals surface area contributed by atoms with E-state index in [0.29, 0.717) is 0 Å². The molecule has 0 fully saturated rings. The third-order valence-electron chi connectivity index (χ3n) is 2.69. The topological polar surface area (TPSA) is 35.2 Å². The maximum absolute atomic E-state index is 6.13. The molecule has 1 unspecified atom stereocenters. The first-order chi connectivity index (χ1) is 7.15. The van der Waals surface area contributed by atoms with E-state index in [4.69, 9.17) is 10.5 Å². The lowest BCUT2D eigenvalue weighted by molar-refractivity contribution is 0.190. The van der Waals surface area contributed by atoms with Crippen LogP contribution < -0.4 is 5.73 Å². The summed E-state index contributed by atoms with van der Waals surface area (Å²) >= 11 is 0. The molecule has 0 radical (unpaired) electrons. The second-order valence-corrected chi connectivity index (χ2v) is 4.10. The van der Waals surface area contributed by atoms with E-state index in [1.807, 2.05) is 0 Å². The van der Waals surface area contributed by atoms with Crippen molar-refractivity contribution >= 4 is 0 Å². The van der Waals surface area contributed by atoms with Crippen molar-refractivity contribution in [2.45, 2.75) is 32.7 Å². The van der Waals surface area contributed by atoms with Crippen LogP contribution in [0.25, 0.3) is 0 Å². The van der Waals surface area contributed by atoms with Gasteiger partial charge < -0.3 is 10.5 Å². The lowest BCUT2D eigenvalue weighted by Crippen LogP contribution is -2.12. The summed E-state index contributed by atoms with van der Waals surface area (Å²) in [7, 11) is 1.72. The molecule has 1 atom stereocenters. The van der Waals surface area contributed by atoms with Gasteiger partial charge in [-0.25, -0.2) is 0 Å². The van der Waals surface area contributed by atoms with Crippen molar-refractivity contribution in [2.75, 3.05) is 13.7 Å². The Morgan fingerprint density at radius 1 is 1.33 bits per heavy atom. The van der Waals surface area contributed by atoms with Crippen molar-refractivity contribution in [3.8, 4) is 0 Å². The molecule has 0 saturated carbocycles. The Bertz CT molecular complexity index is 309. The van der Waals surface area contributed by atoms with Gasteiger partial charge in [-0.15, -0.1) is 0 Å². The van der Waals surface area contributed by atoms with Crippen LogP contribution in [0.5, 0.6) is 0 Å². The van der Waals surface area contributed by atoms with Crippen LogP contribution in [0.4, 0.5) is 0 Å². The molecule has 1 rings (SSSR count). The minimum atomic E-state index is 0.140. The monoisotopic (exact) mass is 207 g/mol. The molecule has 84 valence electrons. The minimum absolute atomic E-state index is 0.140. The predicted molar refractivity (Wildman–Crippen MR) is 64.0 cm³/mol. The van der Waals surface area contributed by atoms with Crippen molar-refractivity contribution in [1.82, 2.24) is 0 Å². The highest BCUT2D eigenvalue weighted by Gasteiger charge is 2.08. The van der Waals surface area contributed by atoms with Crippen molar-refractivity contribution in [3.05, 3.63) is 34.9 Å². The Morgan fingerprint density at radius 2 is 2.07 bits per heavy atom. The number of nitrogens with two attached hydrogens (primary N) is 1. The lowest BCUT2D eigenvalue weighted by atomic mass is 9.97. The Kier molecular flexibility index (Phi) is 4.79. The van der Waals surface area contributed by atoms with E-state index >= 15 is 0 Å². The molecule has 1 aromatic rings. The number of hydrogen-bond acceptors (Lipinski definition) is 2. The molecule has 0 spiro atoms. The summed E-state index contributed by atoms with van der Waals surface area (Å²) in [4.78, 5) is 0. The highest BCUT2D eigenvalue weighted by Crippen LogP contribution is 2.20. The summed E-state index contributed by atoms with van der Waals surface area (Å²) in [6.45, 7) is 5.02. The molecular formula is C13H21NO. The zero-order valence-electron chi connectivity index (χ0n) is 9.92. The van der Waals surface area contributed by atoms with E-state index in [2.05, 4.69) is 32.0 Å². The normalized spacial score (nSPS) is 12.8. The first kappa shape index (κ1) is 12.2. The van der Waals surface area contributed by atoms with Crippen LogP contribution in [0.15, 0.2) is 18.2 Å². The zero-order valence-corrected chi connectivity index (χ0v) is 9.92. The number of ether oxygens (including phenoxy) is 1. The second kappa shape index (κ2) is 5.89. The Hall–Kier alpha value is -0.860. The molecule has 0 heterocycles. The first-order valence-corrected chi connectivity index (χ1v) is 5.47. The van der Waals surface area contributed by atoms with Crippen LogP contribution in [0.2, 0.25) is 0 Å². The molecule has 1 aromatic carbocycles. The van der Waals surface area contributed by atoms with E-state index in [1.165, 1.54) is 16.7 Å². The van der Waals surface area contributed by atoms with Gasteiger partial charge in [-0.3, -0.25) is 0 Å². The van der Waals surface area contributed by atoms with Crippen LogP contribution in [0.3, 0.4) is 0 Å². The maximum Gasteiger partial charge on any atom is 0.0462 e. The van der Waals surface area contributed by atoms with Crippen molar-refractivity contribution < 1.29 is 4.74 Å². The summed E-state index contributed by atoms with van der Waals surface area (Å²) in [5.41, 5.74) is 9.98. The van der Waals surface area contributed by atoms with Gasteiger partial charge in [0.2, 0.25) is 0 Å². The average molecular weight is 207 g/mol. The quantitative estimate of drug-likeness (QED) is 0.753. The maximum atomic E-state index is 6.13. The van der Waals surface area contributed by atoms with Gasteiger partial charge in [0, 0.05) is 19.8 Å². The summed E-state index contributed by atoms with van der Waals surface area (Å²) in [5, 5.41) is 0. The van der Waals surface area contributed by atoms with Gasteiger partial charge in [0.05, 0.1) is 0 Å². The molecule has 0 aliphatic carbocycles. The molecule has 2 N–H and O–H groups in total. The third-order valence-corrected chi connectivity index (χ3v) is 2.69.